The molecule has 9 heteroatoms. The van der Waals surface area contributed by atoms with Crippen molar-refractivity contribution in [2.24, 2.45) is 0 Å². The Morgan fingerprint density at radius 1 is 1.22 bits per heavy atom. The molecule has 0 bridgehead atoms. The third-order valence-corrected chi connectivity index (χ3v) is 5.16. The molecule has 4 aromatic rings. The zero-order valence-electron chi connectivity index (χ0n) is 14.5. The number of carbonyl (C=O) groups is 1. The topological polar surface area (TPSA) is 95.6 Å². The maximum atomic E-state index is 11.3. The Bertz CT molecular complexity index is 1150. The van der Waals surface area contributed by atoms with Crippen LogP contribution in [0.1, 0.15) is 12.5 Å². The monoisotopic (exact) mass is 398 g/mol. The van der Waals surface area contributed by atoms with Crippen LogP contribution in [0.3, 0.4) is 0 Å². The van der Waals surface area contributed by atoms with Gasteiger partial charge in [0.2, 0.25) is 11.0 Å². The third kappa shape index (κ3) is 3.62. The second-order valence-electron chi connectivity index (χ2n) is 6.06. The number of anilines is 3. The summed E-state index contributed by atoms with van der Waals surface area (Å²) in [5, 5.41) is 24.1. The van der Waals surface area contributed by atoms with Gasteiger partial charge in [0.1, 0.15) is 5.01 Å². The van der Waals surface area contributed by atoms with E-state index in [-0.39, 0.29) is 5.91 Å². The SMILES string of the molecule is CC(=O)Nc1cc(C)cc(-c2nnc(Nc3ccc4[nH]ncc4c3Cl)s2)c1. The van der Waals surface area contributed by atoms with Crippen molar-refractivity contribution in [1.29, 1.82) is 0 Å². The van der Waals surface area contributed by atoms with Crippen molar-refractivity contribution in [3.8, 4) is 10.6 Å². The zero-order chi connectivity index (χ0) is 19.0. The highest BCUT2D eigenvalue weighted by atomic mass is 35.5. The number of hydrogen-bond donors (Lipinski definition) is 3. The standard InChI is InChI=1S/C18H15ClN6OS/c1-9-5-11(7-12(6-9)21-10(2)26)17-24-25-18(27-17)22-15-4-3-14-13(16(15)19)8-20-23-14/h3-8H,1-2H3,(H,20,23)(H,21,26)(H,22,25). The van der Waals surface area contributed by atoms with Crippen LogP contribution >= 0.6 is 22.9 Å². The van der Waals surface area contributed by atoms with Crippen LogP contribution in [-0.2, 0) is 4.79 Å². The molecular weight excluding hydrogens is 384 g/mol. The maximum absolute atomic E-state index is 11.3. The molecule has 0 atom stereocenters. The zero-order valence-corrected chi connectivity index (χ0v) is 16.1. The van der Waals surface area contributed by atoms with Gasteiger partial charge in [0.05, 0.1) is 22.4 Å². The summed E-state index contributed by atoms with van der Waals surface area (Å²) in [6.45, 7) is 3.45. The van der Waals surface area contributed by atoms with Crippen molar-refractivity contribution >= 4 is 56.3 Å². The third-order valence-electron chi connectivity index (χ3n) is 3.87. The van der Waals surface area contributed by atoms with Crippen LogP contribution in [0.15, 0.2) is 36.5 Å². The van der Waals surface area contributed by atoms with E-state index in [1.807, 2.05) is 37.3 Å². The predicted molar refractivity (Wildman–Crippen MR) is 109 cm³/mol. The summed E-state index contributed by atoms with van der Waals surface area (Å²) in [5.41, 5.74) is 4.25. The molecule has 0 spiro atoms. The van der Waals surface area contributed by atoms with E-state index in [1.165, 1.54) is 18.3 Å². The van der Waals surface area contributed by atoms with E-state index in [1.54, 1.807) is 6.20 Å². The number of halogens is 1. The molecule has 2 aromatic heterocycles. The first-order valence-electron chi connectivity index (χ1n) is 8.11. The molecule has 0 unspecified atom stereocenters. The van der Waals surface area contributed by atoms with Crippen LogP contribution in [0.5, 0.6) is 0 Å². The van der Waals surface area contributed by atoms with E-state index in [9.17, 15) is 4.79 Å². The molecule has 7 nitrogen and oxygen atoms in total. The number of rotatable bonds is 4. The molecule has 2 heterocycles. The number of aromatic amines is 1. The molecule has 3 N–H and O–H groups in total. The summed E-state index contributed by atoms with van der Waals surface area (Å²) in [5.74, 6) is -0.115. The number of nitrogens with zero attached hydrogens (tertiary/aromatic N) is 3. The van der Waals surface area contributed by atoms with Gasteiger partial charge in [-0.15, -0.1) is 10.2 Å². The van der Waals surface area contributed by atoms with Crippen molar-refractivity contribution < 1.29 is 4.79 Å². The van der Waals surface area contributed by atoms with E-state index in [2.05, 4.69) is 31.0 Å². The maximum Gasteiger partial charge on any atom is 0.221 e. The Morgan fingerprint density at radius 2 is 2.07 bits per heavy atom. The number of fused-ring (bicyclic) bond motifs is 1. The van der Waals surface area contributed by atoms with E-state index in [0.717, 1.165) is 38.4 Å². The smallest absolute Gasteiger partial charge is 0.221 e. The Balaban J connectivity index is 1.62. The average molecular weight is 399 g/mol. The minimum atomic E-state index is -0.115. The lowest BCUT2D eigenvalue weighted by Gasteiger charge is -2.06. The van der Waals surface area contributed by atoms with Crippen LogP contribution in [0.25, 0.3) is 21.5 Å². The fourth-order valence-electron chi connectivity index (χ4n) is 2.77. The van der Waals surface area contributed by atoms with Gasteiger partial charge in [0.25, 0.3) is 0 Å². The highest BCUT2D eigenvalue weighted by Crippen LogP contribution is 2.35. The molecule has 136 valence electrons. The normalized spacial score (nSPS) is 10.9. The first kappa shape index (κ1) is 17.4. The van der Waals surface area contributed by atoms with Gasteiger partial charge < -0.3 is 10.6 Å². The van der Waals surface area contributed by atoms with Crippen molar-refractivity contribution in [3.05, 3.63) is 47.1 Å². The number of nitrogens with one attached hydrogen (secondary N) is 3. The average Bonchev–Trinajstić information content (AvgIpc) is 3.26. The van der Waals surface area contributed by atoms with E-state index in [4.69, 9.17) is 11.6 Å². The van der Waals surface area contributed by atoms with Crippen molar-refractivity contribution in [1.82, 2.24) is 20.4 Å². The molecule has 0 aliphatic rings. The van der Waals surface area contributed by atoms with Crippen LogP contribution in [0.4, 0.5) is 16.5 Å². The Kier molecular flexibility index (Phi) is 4.51. The Hall–Kier alpha value is -2.97. The summed E-state index contributed by atoms with van der Waals surface area (Å²) in [6.07, 6.45) is 1.69. The minimum absolute atomic E-state index is 0.115. The largest absolute Gasteiger partial charge is 0.329 e. The van der Waals surface area contributed by atoms with E-state index >= 15 is 0 Å². The molecule has 0 fully saturated rings. The number of benzene rings is 2. The van der Waals surface area contributed by atoms with Gasteiger partial charge in [0, 0.05) is 23.6 Å². The lowest BCUT2D eigenvalue weighted by Crippen LogP contribution is -2.05. The first-order chi connectivity index (χ1) is 13.0. The van der Waals surface area contributed by atoms with Crippen LogP contribution in [-0.4, -0.2) is 26.3 Å². The molecule has 0 aliphatic carbocycles. The molecular formula is C18H15ClN6OS. The molecule has 1 amide bonds. The molecule has 0 saturated carbocycles. The molecule has 27 heavy (non-hydrogen) atoms. The molecule has 0 aliphatic heterocycles. The lowest BCUT2D eigenvalue weighted by atomic mass is 10.1. The first-order valence-corrected chi connectivity index (χ1v) is 9.31. The highest BCUT2D eigenvalue weighted by molar-refractivity contribution is 7.18. The van der Waals surface area contributed by atoms with Gasteiger partial charge in [-0.3, -0.25) is 9.89 Å². The fraction of sp³-hybridized carbons (Fsp3) is 0.111. The van der Waals surface area contributed by atoms with Gasteiger partial charge in [0.15, 0.2) is 0 Å². The summed E-state index contributed by atoms with van der Waals surface area (Å²) in [7, 11) is 0. The highest BCUT2D eigenvalue weighted by Gasteiger charge is 2.12. The van der Waals surface area contributed by atoms with Gasteiger partial charge in [-0.25, -0.2) is 0 Å². The minimum Gasteiger partial charge on any atom is -0.329 e. The Labute approximate surface area is 163 Å². The number of H-pyrrole nitrogens is 1. The molecule has 4 rings (SSSR count). The second-order valence-corrected chi connectivity index (χ2v) is 7.42. The summed E-state index contributed by atoms with van der Waals surface area (Å²) >= 11 is 7.85. The summed E-state index contributed by atoms with van der Waals surface area (Å²) in [4.78, 5) is 11.3. The van der Waals surface area contributed by atoms with Crippen molar-refractivity contribution in [3.63, 3.8) is 0 Å². The number of hydrogen-bond acceptors (Lipinski definition) is 6. The van der Waals surface area contributed by atoms with Crippen LogP contribution in [0, 0.1) is 6.92 Å². The summed E-state index contributed by atoms with van der Waals surface area (Å²) in [6, 6.07) is 9.55. The van der Waals surface area contributed by atoms with Crippen molar-refractivity contribution in [2.45, 2.75) is 13.8 Å². The van der Waals surface area contributed by atoms with Gasteiger partial charge in [-0.1, -0.05) is 22.9 Å². The van der Waals surface area contributed by atoms with E-state index < -0.39 is 0 Å². The molecule has 2 aromatic carbocycles. The second kappa shape index (κ2) is 6.98. The molecule has 0 radical (unpaired) electrons. The predicted octanol–water partition coefficient (Wildman–Crippen LogP) is 4.75. The Morgan fingerprint density at radius 3 is 2.89 bits per heavy atom. The van der Waals surface area contributed by atoms with Gasteiger partial charge >= 0.3 is 0 Å². The number of aryl methyl sites for hydroxylation is 1. The summed E-state index contributed by atoms with van der Waals surface area (Å²) < 4.78 is 0. The number of aromatic nitrogens is 4. The number of carbonyl (C=O) groups excluding carboxylic acids is 1. The van der Waals surface area contributed by atoms with Crippen molar-refractivity contribution in [2.75, 3.05) is 10.6 Å². The lowest BCUT2D eigenvalue weighted by molar-refractivity contribution is -0.114. The van der Waals surface area contributed by atoms with Crippen LogP contribution in [0.2, 0.25) is 5.02 Å². The quantitative estimate of drug-likeness (QED) is 0.461. The van der Waals surface area contributed by atoms with Gasteiger partial charge in [-0.05, 0) is 42.8 Å². The van der Waals surface area contributed by atoms with E-state index in [0.29, 0.717) is 10.2 Å². The fourth-order valence-corrected chi connectivity index (χ4v) is 3.77. The van der Waals surface area contributed by atoms with Crippen LogP contribution < -0.4 is 10.6 Å². The van der Waals surface area contributed by atoms with Gasteiger partial charge in [-0.2, -0.15) is 5.10 Å². The molecule has 0 saturated heterocycles. The number of amides is 1.